The molecule has 1 aliphatic carbocycles. The molecular weight excluding hydrogens is 273 g/mol. The van der Waals surface area contributed by atoms with Gasteiger partial charge in [0, 0.05) is 6.04 Å². The van der Waals surface area contributed by atoms with E-state index in [0.717, 1.165) is 18.5 Å². The van der Waals surface area contributed by atoms with Gasteiger partial charge < -0.3 is 5.32 Å². The maximum Gasteiger partial charge on any atom is 0.145 e. The molecule has 1 fully saturated rings. The third-order valence-corrected chi connectivity index (χ3v) is 5.04. The van der Waals surface area contributed by atoms with Gasteiger partial charge in [0.25, 0.3) is 0 Å². The Labute approximate surface area is 126 Å². The zero-order valence-electron chi connectivity index (χ0n) is 12.5. The molecule has 1 aromatic carbocycles. The van der Waals surface area contributed by atoms with Crippen LogP contribution in [-0.2, 0) is 6.42 Å². The van der Waals surface area contributed by atoms with Crippen LogP contribution in [0, 0.1) is 11.2 Å². The molecule has 0 radical (unpaired) electrons. The molecule has 1 unspecified atom stereocenters. The van der Waals surface area contributed by atoms with Gasteiger partial charge in [-0.15, -0.1) is 0 Å². The highest BCUT2D eigenvalue weighted by Crippen LogP contribution is 2.40. The summed E-state index contributed by atoms with van der Waals surface area (Å²) in [6, 6.07) is 5.64. The van der Waals surface area contributed by atoms with Gasteiger partial charge in [0.2, 0.25) is 0 Å². The Morgan fingerprint density at radius 3 is 2.65 bits per heavy atom. The molecule has 0 amide bonds. The van der Waals surface area contributed by atoms with Crippen molar-refractivity contribution in [2.45, 2.75) is 58.4 Å². The summed E-state index contributed by atoms with van der Waals surface area (Å²) in [5.41, 5.74) is 0.999. The molecule has 1 saturated carbocycles. The van der Waals surface area contributed by atoms with Gasteiger partial charge >= 0.3 is 0 Å². The van der Waals surface area contributed by atoms with Crippen molar-refractivity contribution in [3.8, 4) is 0 Å². The first-order valence-electron chi connectivity index (χ1n) is 7.73. The Balaban J connectivity index is 2.18. The van der Waals surface area contributed by atoms with E-state index in [2.05, 4.69) is 19.2 Å². The van der Waals surface area contributed by atoms with Gasteiger partial charge in [-0.3, -0.25) is 0 Å². The summed E-state index contributed by atoms with van der Waals surface area (Å²) in [6.07, 6.45) is 7.09. The van der Waals surface area contributed by atoms with Crippen molar-refractivity contribution in [3.63, 3.8) is 0 Å². The van der Waals surface area contributed by atoms with E-state index in [4.69, 9.17) is 11.6 Å². The fourth-order valence-corrected chi connectivity index (χ4v) is 3.64. The van der Waals surface area contributed by atoms with Crippen molar-refractivity contribution in [3.05, 3.63) is 34.6 Å². The lowest BCUT2D eigenvalue weighted by molar-refractivity contribution is 0.144. The highest BCUT2D eigenvalue weighted by Gasteiger charge is 2.35. The lowest BCUT2D eigenvalue weighted by atomic mass is 9.69. The fraction of sp³-hybridized carbons (Fsp3) is 0.647. The second-order valence-electron chi connectivity index (χ2n) is 6.24. The largest absolute Gasteiger partial charge is 0.313 e. The van der Waals surface area contributed by atoms with Crippen molar-refractivity contribution in [2.75, 3.05) is 6.54 Å². The number of halogens is 2. The summed E-state index contributed by atoms with van der Waals surface area (Å²) in [4.78, 5) is 0. The average molecular weight is 298 g/mol. The van der Waals surface area contributed by atoms with Crippen LogP contribution in [0.2, 0.25) is 5.02 Å². The summed E-state index contributed by atoms with van der Waals surface area (Å²) >= 11 is 5.90. The molecule has 1 N–H and O–H groups in total. The average Bonchev–Trinajstić information content (AvgIpc) is 2.44. The lowest BCUT2D eigenvalue weighted by Gasteiger charge is -2.41. The van der Waals surface area contributed by atoms with Crippen LogP contribution in [-0.4, -0.2) is 12.6 Å². The Bertz CT molecular complexity index is 441. The van der Waals surface area contributed by atoms with Crippen LogP contribution in [0.5, 0.6) is 0 Å². The standard InChI is InChI=1S/C17H25ClFN/c1-3-20-15(17(2)10-5-4-6-11-17)12-13-8-7-9-14(18)16(13)19/h7-9,15,20H,3-6,10-12H2,1-2H3. The summed E-state index contributed by atoms with van der Waals surface area (Å²) in [6.45, 7) is 5.39. The van der Waals surface area contributed by atoms with E-state index in [1.54, 1.807) is 6.07 Å². The molecule has 0 heterocycles. The minimum Gasteiger partial charge on any atom is -0.313 e. The molecule has 0 spiro atoms. The third-order valence-electron chi connectivity index (χ3n) is 4.74. The number of rotatable bonds is 5. The molecule has 0 aromatic heterocycles. The van der Waals surface area contributed by atoms with E-state index in [1.807, 2.05) is 12.1 Å². The van der Waals surface area contributed by atoms with Crippen LogP contribution in [0.3, 0.4) is 0 Å². The summed E-state index contributed by atoms with van der Waals surface area (Å²) in [5.74, 6) is -0.253. The van der Waals surface area contributed by atoms with Gasteiger partial charge in [0.05, 0.1) is 5.02 Å². The van der Waals surface area contributed by atoms with Crippen LogP contribution in [0.4, 0.5) is 4.39 Å². The van der Waals surface area contributed by atoms with Crippen LogP contribution < -0.4 is 5.32 Å². The van der Waals surface area contributed by atoms with E-state index in [1.165, 1.54) is 32.1 Å². The molecule has 0 bridgehead atoms. The summed E-state index contributed by atoms with van der Waals surface area (Å²) in [5, 5.41) is 3.81. The Morgan fingerprint density at radius 2 is 2.00 bits per heavy atom. The van der Waals surface area contributed by atoms with Gasteiger partial charge in [-0.2, -0.15) is 0 Å². The Kier molecular flexibility index (Phi) is 5.45. The normalized spacial score (nSPS) is 19.8. The van der Waals surface area contributed by atoms with E-state index in [9.17, 15) is 4.39 Å². The van der Waals surface area contributed by atoms with Crippen LogP contribution in [0.1, 0.15) is 51.5 Å². The number of hydrogen-bond acceptors (Lipinski definition) is 1. The molecule has 1 aromatic rings. The van der Waals surface area contributed by atoms with E-state index in [0.29, 0.717) is 6.04 Å². The van der Waals surface area contributed by atoms with Crippen LogP contribution in [0.15, 0.2) is 18.2 Å². The van der Waals surface area contributed by atoms with Gasteiger partial charge in [-0.1, -0.05) is 56.8 Å². The van der Waals surface area contributed by atoms with Crippen molar-refractivity contribution >= 4 is 11.6 Å². The molecule has 20 heavy (non-hydrogen) atoms. The maximum atomic E-state index is 14.1. The maximum absolute atomic E-state index is 14.1. The molecule has 112 valence electrons. The van der Waals surface area contributed by atoms with Crippen molar-refractivity contribution in [1.82, 2.24) is 5.32 Å². The smallest absolute Gasteiger partial charge is 0.145 e. The van der Waals surface area contributed by atoms with Gasteiger partial charge in [-0.25, -0.2) is 4.39 Å². The lowest BCUT2D eigenvalue weighted by Crippen LogP contribution is -2.46. The minimum absolute atomic E-state index is 0.228. The SMILES string of the molecule is CCNC(Cc1cccc(Cl)c1F)C1(C)CCCCC1. The zero-order chi connectivity index (χ0) is 14.6. The number of hydrogen-bond donors (Lipinski definition) is 1. The fourth-order valence-electron chi connectivity index (χ4n) is 3.45. The Hall–Kier alpha value is -0.600. The summed E-state index contributed by atoms with van der Waals surface area (Å²) in [7, 11) is 0. The molecule has 0 saturated heterocycles. The second-order valence-corrected chi connectivity index (χ2v) is 6.65. The number of benzene rings is 1. The van der Waals surface area contributed by atoms with Gasteiger partial charge in [0.1, 0.15) is 5.82 Å². The predicted octanol–water partition coefficient (Wildman–Crippen LogP) is 4.97. The molecule has 1 atom stereocenters. The highest BCUT2D eigenvalue weighted by atomic mass is 35.5. The summed E-state index contributed by atoms with van der Waals surface area (Å²) < 4.78 is 14.1. The zero-order valence-corrected chi connectivity index (χ0v) is 13.3. The van der Waals surface area contributed by atoms with E-state index in [-0.39, 0.29) is 16.3 Å². The minimum atomic E-state index is -0.253. The highest BCUT2D eigenvalue weighted by molar-refractivity contribution is 6.30. The van der Waals surface area contributed by atoms with Crippen molar-refractivity contribution in [2.24, 2.45) is 5.41 Å². The topological polar surface area (TPSA) is 12.0 Å². The monoisotopic (exact) mass is 297 g/mol. The van der Waals surface area contributed by atoms with E-state index < -0.39 is 0 Å². The second kappa shape index (κ2) is 6.91. The predicted molar refractivity (Wildman–Crippen MR) is 83.8 cm³/mol. The number of nitrogens with one attached hydrogen (secondary N) is 1. The van der Waals surface area contributed by atoms with Crippen LogP contribution in [0.25, 0.3) is 0 Å². The first-order valence-corrected chi connectivity index (χ1v) is 8.11. The molecular formula is C17H25ClFN. The first-order chi connectivity index (χ1) is 9.57. The Morgan fingerprint density at radius 1 is 1.30 bits per heavy atom. The van der Waals surface area contributed by atoms with Gasteiger partial charge in [0.15, 0.2) is 0 Å². The number of likely N-dealkylation sites (N-methyl/N-ethyl adjacent to an activating group) is 1. The quantitative estimate of drug-likeness (QED) is 0.809. The first kappa shape index (κ1) is 15.8. The molecule has 2 rings (SSSR count). The molecule has 0 aliphatic heterocycles. The molecule has 3 heteroatoms. The van der Waals surface area contributed by atoms with Gasteiger partial charge in [-0.05, 0) is 42.9 Å². The molecule has 1 aliphatic rings. The third kappa shape index (κ3) is 3.53. The molecule has 1 nitrogen and oxygen atoms in total. The van der Waals surface area contributed by atoms with E-state index >= 15 is 0 Å². The van der Waals surface area contributed by atoms with Crippen molar-refractivity contribution in [1.29, 1.82) is 0 Å². The van der Waals surface area contributed by atoms with Crippen molar-refractivity contribution < 1.29 is 4.39 Å². The van der Waals surface area contributed by atoms with Crippen LogP contribution >= 0.6 is 11.6 Å².